The molecule has 1 fully saturated rings. The summed E-state index contributed by atoms with van der Waals surface area (Å²) >= 11 is 0. The van der Waals surface area contributed by atoms with Crippen LogP contribution in [0.15, 0.2) is 0 Å². The Bertz CT molecular complexity index is 344. The van der Waals surface area contributed by atoms with Crippen molar-refractivity contribution in [1.29, 1.82) is 0 Å². The topological polar surface area (TPSA) is 52.7 Å². The first-order valence-corrected chi connectivity index (χ1v) is 8.81. The van der Waals surface area contributed by atoms with Crippen LogP contribution in [-0.4, -0.2) is 56.8 Å². The third-order valence-corrected chi connectivity index (χ3v) is 5.83. The molecule has 0 amide bonds. The van der Waals surface area contributed by atoms with Crippen LogP contribution >= 0.6 is 0 Å². The molecule has 1 saturated heterocycles. The van der Waals surface area contributed by atoms with Crippen LogP contribution in [0.25, 0.3) is 0 Å². The van der Waals surface area contributed by atoms with E-state index in [1.165, 1.54) is 4.31 Å². The van der Waals surface area contributed by atoms with Crippen LogP contribution in [0, 0.1) is 0 Å². The summed E-state index contributed by atoms with van der Waals surface area (Å²) in [7, 11) is 0.307. The maximum atomic E-state index is 12.6. The number of nitrogens with zero attached hydrogens (tertiary/aromatic N) is 2. The molecule has 0 spiro atoms. The Hall–Kier alpha value is -0.170. The van der Waals surface area contributed by atoms with Gasteiger partial charge in [-0.1, -0.05) is 19.8 Å². The molecule has 114 valence electrons. The van der Waals surface area contributed by atoms with Gasteiger partial charge in [-0.05, 0) is 39.3 Å². The van der Waals surface area contributed by atoms with Gasteiger partial charge in [-0.2, -0.15) is 17.0 Å². The fourth-order valence-corrected chi connectivity index (χ4v) is 4.34. The van der Waals surface area contributed by atoms with Gasteiger partial charge in [-0.15, -0.1) is 0 Å². The maximum Gasteiger partial charge on any atom is 0.281 e. The zero-order valence-electron chi connectivity index (χ0n) is 12.6. The molecule has 6 heteroatoms. The van der Waals surface area contributed by atoms with Crippen LogP contribution in [-0.2, 0) is 10.2 Å². The van der Waals surface area contributed by atoms with Crippen molar-refractivity contribution in [1.82, 2.24) is 13.9 Å². The predicted molar refractivity (Wildman–Crippen MR) is 79.3 cm³/mol. The molecular formula is C13H29N3O2S. The van der Waals surface area contributed by atoms with E-state index in [2.05, 4.69) is 12.2 Å². The van der Waals surface area contributed by atoms with E-state index in [4.69, 9.17) is 0 Å². The highest BCUT2D eigenvalue weighted by Crippen LogP contribution is 2.25. The highest BCUT2D eigenvalue weighted by atomic mass is 32.2. The number of piperidine rings is 1. The van der Waals surface area contributed by atoms with Gasteiger partial charge in [0.05, 0.1) is 0 Å². The van der Waals surface area contributed by atoms with E-state index >= 15 is 0 Å². The molecule has 0 radical (unpaired) electrons. The molecule has 19 heavy (non-hydrogen) atoms. The van der Waals surface area contributed by atoms with E-state index in [0.717, 1.165) is 45.1 Å². The summed E-state index contributed by atoms with van der Waals surface area (Å²) in [5.74, 6) is 0. The van der Waals surface area contributed by atoms with Crippen molar-refractivity contribution in [2.45, 2.75) is 51.5 Å². The molecular weight excluding hydrogens is 262 g/mol. The van der Waals surface area contributed by atoms with E-state index in [1.54, 1.807) is 11.4 Å². The lowest BCUT2D eigenvalue weighted by molar-refractivity contribution is 0.224. The molecule has 5 nitrogen and oxygen atoms in total. The number of hydrogen-bond donors (Lipinski definition) is 1. The molecule has 0 aromatic carbocycles. The summed E-state index contributed by atoms with van der Waals surface area (Å²) in [6.45, 7) is 4.23. The zero-order valence-corrected chi connectivity index (χ0v) is 13.4. The molecule has 0 saturated carbocycles. The van der Waals surface area contributed by atoms with Crippen LogP contribution < -0.4 is 5.32 Å². The van der Waals surface area contributed by atoms with Crippen molar-refractivity contribution in [3.63, 3.8) is 0 Å². The lowest BCUT2D eigenvalue weighted by Crippen LogP contribution is -2.49. The Morgan fingerprint density at radius 3 is 2.74 bits per heavy atom. The number of rotatable bonds is 8. The molecule has 1 heterocycles. The van der Waals surface area contributed by atoms with Gasteiger partial charge in [0, 0.05) is 26.2 Å². The predicted octanol–water partition coefficient (Wildman–Crippen LogP) is 1.43. The minimum absolute atomic E-state index is 0.204. The summed E-state index contributed by atoms with van der Waals surface area (Å²) in [6, 6.07) is 0.204. The van der Waals surface area contributed by atoms with Crippen LogP contribution in [0.2, 0.25) is 0 Å². The van der Waals surface area contributed by atoms with E-state index in [0.29, 0.717) is 13.1 Å². The van der Waals surface area contributed by atoms with Gasteiger partial charge in [0.25, 0.3) is 10.2 Å². The standard InChI is InChI=1S/C13H29N3O2S/c1-4-8-13-9-5-6-12-16(13)19(17,18)15(3)11-7-10-14-2/h13-14H,4-12H2,1-3H3. The lowest BCUT2D eigenvalue weighted by atomic mass is 10.0. The van der Waals surface area contributed by atoms with Gasteiger partial charge in [0.2, 0.25) is 0 Å². The van der Waals surface area contributed by atoms with Crippen molar-refractivity contribution >= 4 is 10.2 Å². The van der Waals surface area contributed by atoms with Gasteiger partial charge < -0.3 is 5.32 Å². The molecule has 0 aliphatic carbocycles. The molecule has 0 aromatic heterocycles. The van der Waals surface area contributed by atoms with Crippen molar-refractivity contribution in [3.05, 3.63) is 0 Å². The molecule has 0 aromatic rings. The monoisotopic (exact) mass is 291 g/mol. The van der Waals surface area contributed by atoms with Gasteiger partial charge in [0.15, 0.2) is 0 Å². The summed E-state index contributed by atoms with van der Waals surface area (Å²) in [6.07, 6.45) is 6.02. The first kappa shape index (κ1) is 16.9. The van der Waals surface area contributed by atoms with Crippen LogP contribution in [0.4, 0.5) is 0 Å². The smallest absolute Gasteiger partial charge is 0.281 e. The van der Waals surface area contributed by atoms with Gasteiger partial charge in [0.1, 0.15) is 0 Å². The third-order valence-electron chi connectivity index (χ3n) is 3.79. The van der Waals surface area contributed by atoms with Crippen molar-refractivity contribution < 1.29 is 8.42 Å². The van der Waals surface area contributed by atoms with Crippen molar-refractivity contribution in [2.24, 2.45) is 0 Å². The number of hydrogen-bond acceptors (Lipinski definition) is 3. The van der Waals surface area contributed by atoms with E-state index in [9.17, 15) is 8.42 Å². The first-order valence-electron chi connectivity index (χ1n) is 7.41. The Kier molecular flexibility index (Phi) is 7.28. The van der Waals surface area contributed by atoms with E-state index in [-0.39, 0.29) is 6.04 Å². The van der Waals surface area contributed by atoms with Crippen molar-refractivity contribution in [3.8, 4) is 0 Å². The highest BCUT2D eigenvalue weighted by molar-refractivity contribution is 7.86. The minimum atomic E-state index is -3.27. The third kappa shape index (κ3) is 4.70. The highest BCUT2D eigenvalue weighted by Gasteiger charge is 2.34. The Morgan fingerprint density at radius 1 is 1.37 bits per heavy atom. The maximum absolute atomic E-state index is 12.6. The van der Waals surface area contributed by atoms with Crippen LogP contribution in [0.3, 0.4) is 0 Å². The van der Waals surface area contributed by atoms with Gasteiger partial charge in [-0.25, -0.2) is 0 Å². The first-order chi connectivity index (χ1) is 9.04. The average Bonchev–Trinajstić information content (AvgIpc) is 2.39. The molecule has 1 atom stereocenters. The van der Waals surface area contributed by atoms with Gasteiger partial charge >= 0.3 is 0 Å². The second-order valence-corrected chi connectivity index (χ2v) is 7.32. The molecule has 0 bridgehead atoms. The summed E-state index contributed by atoms with van der Waals surface area (Å²) in [4.78, 5) is 0. The second kappa shape index (κ2) is 8.19. The SMILES string of the molecule is CCCC1CCCCN1S(=O)(=O)N(C)CCCNC. The molecule has 1 rings (SSSR count). The Labute approximate surface area is 118 Å². The van der Waals surface area contributed by atoms with E-state index in [1.807, 2.05) is 7.05 Å². The van der Waals surface area contributed by atoms with Crippen LogP contribution in [0.5, 0.6) is 0 Å². The summed E-state index contributed by atoms with van der Waals surface area (Å²) < 4.78 is 28.4. The fourth-order valence-electron chi connectivity index (χ4n) is 2.67. The zero-order chi connectivity index (χ0) is 14.3. The fraction of sp³-hybridized carbons (Fsp3) is 1.00. The largest absolute Gasteiger partial charge is 0.320 e. The second-order valence-electron chi connectivity index (χ2n) is 5.34. The molecule has 1 aliphatic heterocycles. The molecule has 1 unspecified atom stereocenters. The Balaban J connectivity index is 2.67. The average molecular weight is 291 g/mol. The molecule has 1 aliphatic rings. The lowest BCUT2D eigenvalue weighted by Gasteiger charge is -2.37. The van der Waals surface area contributed by atoms with Crippen LogP contribution in [0.1, 0.15) is 45.4 Å². The number of nitrogens with one attached hydrogen (secondary N) is 1. The minimum Gasteiger partial charge on any atom is -0.320 e. The normalized spacial score (nSPS) is 22.0. The quantitative estimate of drug-likeness (QED) is 0.688. The Morgan fingerprint density at radius 2 is 2.11 bits per heavy atom. The van der Waals surface area contributed by atoms with Gasteiger partial charge in [-0.3, -0.25) is 0 Å². The van der Waals surface area contributed by atoms with E-state index < -0.39 is 10.2 Å². The molecule has 1 N–H and O–H groups in total. The summed E-state index contributed by atoms with van der Waals surface area (Å²) in [5, 5.41) is 3.05. The summed E-state index contributed by atoms with van der Waals surface area (Å²) in [5.41, 5.74) is 0. The van der Waals surface area contributed by atoms with Crippen molar-refractivity contribution in [2.75, 3.05) is 33.7 Å².